The maximum absolute atomic E-state index is 12.9. The molecule has 0 fully saturated rings. The fourth-order valence-corrected chi connectivity index (χ4v) is 6.21. The number of aliphatic carboxylic acids is 1. The molecule has 0 aliphatic carbocycles. The Hall–Kier alpha value is -5.90. The van der Waals surface area contributed by atoms with Crippen molar-refractivity contribution in [3.05, 3.63) is 143 Å². The molecule has 4 aromatic carbocycles. The maximum atomic E-state index is 12.9. The van der Waals surface area contributed by atoms with Gasteiger partial charge in [-0.3, -0.25) is 24.0 Å². The fraction of sp³-hybridized carbons (Fsp3) is 0.348. The van der Waals surface area contributed by atoms with Gasteiger partial charge in [0.1, 0.15) is 0 Å². The summed E-state index contributed by atoms with van der Waals surface area (Å²) in [6.07, 6.45) is 2.33. The Morgan fingerprint density at radius 3 is 1.46 bits per heavy atom. The van der Waals surface area contributed by atoms with Crippen LogP contribution < -0.4 is 0 Å². The lowest BCUT2D eigenvalue weighted by Crippen LogP contribution is -2.43. The number of ketones is 2. The first-order valence-electron chi connectivity index (χ1n) is 19.1. The number of rotatable bonds is 22. The molecule has 0 spiro atoms. The Morgan fingerprint density at radius 2 is 1.02 bits per heavy atom. The summed E-state index contributed by atoms with van der Waals surface area (Å²) in [4.78, 5) is 76.3. The molecule has 4 rings (SSSR count). The molecular formula is C46H50O10. The van der Waals surface area contributed by atoms with Crippen LogP contribution in [0.2, 0.25) is 0 Å². The molecule has 4 aromatic rings. The number of carbonyl (C=O) groups excluding carboxylic acids is 5. The summed E-state index contributed by atoms with van der Waals surface area (Å²) in [6.45, 7) is 5.28. The topological polar surface area (TPSA) is 150 Å². The van der Waals surface area contributed by atoms with Gasteiger partial charge in [-0.2, -0.15) is 0 Å². The molecule has 56 heavy (non-hydrogen) atoms. The Kier molecular flexibility index (Phi) is 16.3. The fourth-order valence-electron chi connectivity index (χ4n) is 6.21. The Bertz CT molecular complexity index is 1950. The highest BCUT2D eigenvalue weighted by molar-refractivity contribution is 6.09. The lowest BCUT2D eigenvalue weighted by atomic mass is 9.93. The van der Waals surface area contributed by atoms with Crippen LogP contribution in [-0.4, -0.2) is 59.4 Å². The van der Waals surface area contributed by atoms with Crippen molar-refractivity contribution >= 4 is 35.4 Å². The van der Waals surface area contributed by atoms with E-state index in [1.807, 2.05) is 12.1 Å². The van der Waals surface area contributed by atoms with E-state index >= 15 is 0 Å². The highest BCUT2D eigenvalue weighted by Gasteiger charge is 2.40. The highest BCUT2D eigenvalue weighted by atomic mass is 16.6. The highest BCUT2D eigenvalue weighted by Crippen LogP contribution is 2.26. The molecule has 0 unspecified atom stereocenters. The zero-order valence-corrected chi connectivity index (χ0v) is 32.2. The first kappa shape index (κ1) is 42.8. The molecule has 0 saturated carbocycles. The number of ether oxygens (including phenoxy) is 3. The third kappa shape index (κ3) is 12.1. The van der Waals surface area contributed by atoms with Gasteiger partial charge in [0.05, 0.1) is 25.0 Å². The molecule has 0 bridgehead atoms. The van der Waals surface area contributed by atoms with E-state index in [9.17, 15) is 33.9 Å². The van der Waals surface area contributed by atoms with Crippen molar-refractivity contribution in [3.8, 4) is 0 Å². The molecule has 294 valence electrons. The molecule has 3 atom stereocenters. The summed E-state index contributed by atoms with van der Waals surface area (Å²) >= 11 is 0. The molecule has 10 heteroatoms. The summed E-state index contributed by atoms with van der Waals surface area (Å²) in [7, 11) is 0. The van der Waals surface area contributed by atoms with Gasteiger partial charge in [-0.05, 0) is 82.1 Å². The van der Waals surface area contributed by atoms with E-state index < -0.39 is 41.3 Å². The van der Waals surface area contributed by atoms with Crippen LogP contribution in [-0.2, 0) is 33.4 Å². The van der Waals surface area contributed by atoms with Crippen LogP contribution in [0.3, 0.4) is 0 Å². The molecule has 0 amide bonds. The van der Waals surface area contributed by atoms with Gasteiger partial charge in [0.2, 0.25) is 5.60 Å². The smallest absolute Gasteiger partial charge is 0.348 e. The van der Waals surface area contributed by atoms with Crippen molar-refractivity contribution in [2.75, 3.05) is 13.2 Å². The maximum Gasteiger partial charge on any atom is 0.348 e. The predicted molar refractivity (Wildman–Crippen MR) is 210 cm³/mol. The Morgan fingerprint density at radius 1 is 0.571 bits per heavy atom. The molecule has 10 nitrogen and oxygen atoms in total. The number of carboxylic acids is 1. The van der Waals surface area contributed by atoms with Crippen molar-refractivity contribution in [1.82, 2.24) is 0 Å². The van der Waals surface area contributed by atoms with Crippen LogP contribution in [0.1, 0.15) is 127 Å². The van der Waals surface area contributed by atoms with Crippen LogP contribution in [0.4, 0.5) is 0 Å². The van der Waals surface area contributed by atoms with E-state index in [1.165, 1.54) is 0 Å². The van der Waals surface area contributed by atoms with E-state index in [1.54, 1.807) is 118 Å². The van der Waals surface area contributed by atoms with Gasteiger partial charge in [0.25, 0.3) is 0 Å². The molecule has 0 heterocycles. The molecule has 1 N–H and O–H groups in total. The van der Waals surface area contributed by atoms with Gasteiger partial charge in [-0.25, -0.2) is 4.79 Å². The van der Waals surface area contributed by atoms with Gasteiger partial charge in [0.15, 0.2) is 11.6 Å². The Balaban J connectivity index is 1.14. The quantitative estimate of drug-likeness (QED) is 0.0357. The Labute approximate surface area is 328 Å². The lowest BCUT2D eigenvalue weighted by Gasteiger charge is -2.28. The average molecular weight is 763 g/mol. The van der Waals surface area contributed by atoms with E-state index in [4.69, 9.17) is 14.2 Å². The second-order valence-electron chi connectivity index (χ2n) is 13.8. The summed E-state index contributed by atoms with van der Waals surface area (Å²) < 4.78 is 16.5. The van der Waals surface area contributed by atoms with Crippen LogP contribution in [0.25, 0.3) is 0 Å². The second-order valence-corrected chi connectivity index (χ2v) is 13.8. The van der Waals surface area contributed by atoms with Gasteiger partial charge < -0.3 is 19.3 Å². The zero-order valence-electron chi connectivity index (χ0n) is 32.2. The monoisotopic (exact) mass is 762 g/mol. The van der Waals surface area contributed by atoms with Gasteiger partial charge in [-0.1, -0.05) is 104 Å². The number of unbranched alkanes of at least 4 members (excludes halogenated alkanes) is 3. The number of hydrogen-bond acceptors (Lipinski definition) is 9. The van der Waals surface area contributed by atoms with Crippen molar-refractivity contribution in [3.63, 3.8) is 0 Å². The normalized spacial score (nSPS) is 13.1. The van der Waals surface area contributed by atoms with E-state index in [2.05, 4.69) is 0 Å². The van der Waals surface area contributed by atoms with Gasteiger partial charge in [0, 0.05) is 28.7 Å². The van der Waals surface area contributed by atoms with Crippen LogP contribution in [0, 0.1) is 0 Å². The minimum absolute atomic E-state index is 0.00919. The molecule has 0 aliphatic heterocycles. The minimum atomic E-state index is -1.70. The second kappa shape index (κ2) is 21.3. The minimum Gasteiger partial charge on any atom is -0.478 e. The predicted octanol–water partition coefficient (Wildman–Crippen LogP) is 8.65. The number of benzene rings is 4. The summed E-state index contributed by atoms with van der Waals surface area (Å²) in [5.41, 5.74) is 1.68. The number of carboxylic acid groups (broad SMARTS) is 1. The van der Waals surface area contributed by atoms with Crippen molar-refractivity contribution in [2.45, 2.75) is 89.6 Å². The van der Waals surface area contributed by atoms with Crippen LogP contribution in [0.15, 0.2) is 109 Å². The standard InChI is InChI=1S/C46H50O10/c1-4-46(45(52)53,27-13-15-29-55-44(51)33(3)37-23-17-25-39(31-37)42(49)35-20-10-6-11-21-35)56-40(47)26-12-7-14-28-54-43(50)32(2)36-22-16-24-38(30-36)41(48)34-18-8-5-9-19-34/h5-6,8-11,16-25,30-33H,4,7,12-15,26-29H2,1-3H3,(H,52,53)/t32-,33-,46+/m0/s1. The van der Waals surface area contributed by atoms with Crippen molar-refractivity contribution < 1.29 is 48.1 Å². The molecular weight excluding hydrogens is 712 g/mol. The molecule has 0 radical (unpaired) electrons. The summed E-state index contributed by atoms with van der Waals surface area (Å²) in [6, 6.07) is 31.6. The van der Waals surface area contributed by atoms with Gasteiger partial charge >= 0.3 is 23.9 Å². The number of esters is 3. The van der Waals surface area contributed by atoms with Crippen molar-refractivity contribution in [2.24, 2.45) is 0 Å². The SMILES string of the molecule is CC[C@](CCCCOC(=O)[C@@H](C)c1cccc(C(=O)c2ccccc2)c1)(OC(=O)CCCCCOC(=O)[C@@H](C)c1cccc(C(=O)c2ccccc2)c1)C(=O)O. The average Bonchev–Trinajstić information content (AvgIpc) is 3.23. The lowest BCUT2D eigenvalue weighted by molar-refractivity contribution is -0.180. The third-order valence-electron chi connectivity index (χ3n) is 9.84. The van der Waals surface area contributed by atoms with E-state index in [0.717, 1.165) is 0 Å². The summed E-state index contributed by atoms with van der Waals surface area (Å²) in [5.74, 6) is -4.23. The first-order valence-corrected chi connectivity index (χ1v) is 19.1. The summed E-state index contributed by atoms with van der Waals surface area (Å²) in [5, 5.41) is 10.0. The van der Waals surface area contributed by atoms with E-state index in [-0.39, 0.29) is 44.0 Å². The zero-order chi connectivity index (χ0) is 40.5. The van der Waals surface area contributed by atoms with Crippen LogP contribution in [0.5, 0.6) is 0 Å². The third-order valence-corrected chi connectivity index (χ3v) is 9.84. The van der Waals surface area contributed by atoms with Gasteiger partial charge in [-0.15, -0.1) is 0 Å². The number of carbonyl (C=O) groups is 6. The first-order chi connectivity index (χ1) is 27.0. The molecule has 0 saturated heterocycles. The van der Waals surface area contributed by atoms with E-state index in [0.29, 0.717) is 65.5 Å². The molecule has 0 aliphatic rings. The van der Waals surface area contributed by atoms with Crippen molar-refractivity contribution in [1.29, 1.82) is 0 Å². The molecule has 0 aromatic heterocycles. The number of hydrogen-bond donors (Lipinski definition) is 1. The largest absolute Gasteiger partial charge is 0.478 e. The van der Waals surface area contributed by atoms with Crippen LogP contribution >= 0.6 is 0 Å².